The number of carbonyl (C=O) groups is 1. The highest BCUT2D eigenvalue weighted by Crippen LogP contribution is 2.21. The molecule has 0 amide bonds. The fourth-order valence-electron chi connectivity index (χ4n) is 1.52. The van der Waals surface area contributed by atoms with Crippen LogP contribution in [0.4, 0.5) is 0 Å². The summed E-state index contributed by atoms with van der Waals surface area (Å²) < 4.78 is 4.89. The Morgan fingerprint density at radius 1 is 1.53 bits per heavy atom. The SMILES string of the molecule is CCOC(=O)c1csc2nc(CC)[nH]c(=O)c12. The summed E-state index contributed by atoms with van der Waals surface area (Å²) in [5, 5.41) is 1.94. The van der Waals surface area contributed by atoms with Crippen LogP contribution < -0.4 is 5.56 Å². The van der Waals surface area contributed by atoms with Crippen LogP contribution in [-0.4, -0.2) is 22.5 Å². The van der Waals surface area contributed by atoms with Gasteiger partial charge in [-0.25, -0.2) is 9.78 Å². The number of aromatic amines is 1. The van der Waals surface area contributed by atoms with Crippen molar-refractivity contribution in [3.8, 4) is 0 Å². The lowest BCUT2D eigenvalue weighted by Crippen LogP contribution is -2.14. The van der Waals surface area contributed by atoms with Gasteiger partial charge in [-0.05, 0) is 6.92 Å². The minimum Gasteiger partial charge on any atom is -0.462 e. The van der Waals surface area contributed by atoms with E-state index in [2.05, 4.69) is 9.97 Å². The minimum atomic E-state index is -0.477. The quantitative estimate of drug-likeness (QED) is 0.844. The Labute approximate surface area is 101 Å². The van der Waals surface area contributed by atoms with E-state index in [1.807, 2.05) is 6.92 Å². The summed E-state index contributed by atoms with van der Waals surface area (Å²) in [6, 6.07) is 0. The molecule has 0 unspecified atom stereocenters. The minimum absolute atomic E-state index is 0.281. The number of fused-ring (bicyclic) bond motifs is 1. The number of aromatic nitrogens is 2. The molecule has 0 saturated heterocycles. The Morgan fingerprint density at radius 2 is 2.29 bits per heavy atom. The van der Waals surface area contributed by atoms with Gasteiger partial charge in [0.1, 0.15) is 10.7 Å². The highest BCUT2D eigenvalue weighted by molar-refractivity contribution is 7.17. The molecule has 0 spiro atoms. The predicted molar refractivity (Wildman–Crippen MR) is 65.6 cm³/mol. The molecule has 90 valence electrons. The Morgan fingerprint density at radius 3 is 2.94 bits per heavy atom. The topological polar surface area (TPSA) is 72.0 Å². The number of rotatable bonds is 3. The predicted octanol–water partition coefficient (Wildman–Crippen LogP) is 1.72. The van der Waals surface area contributed by atoms with Crippen LogP contribution in [-0.2, 0) is 11.2 Å². The molecule has 0 aliphatic carbocycles. The van der Waals surface area contributed by atoms with Crippen molar-refractivity contribution in [3.63, 3.8) is 0 Å². The summed E-state index contributed by atoms with van der Waals surface area (Å²) in [5.41, 5.74) is 0.0133. The molecule has 0 aliphatic heterocycles. The fourth-order valence-corrected chi connectivity index (χ4v) is 2.45. The van der Waals surface area contributed by atoms with Gasteiger partial charge in [0.2, 0.25) is 0 Å². The van der Waals surface area contributed by atoms with Crippen molar-refractivity contribution in [3.05, 3.63) is 27.1 Å². The zero-order valence-electron chi connectivity index (χ0n) is 9.57. The lowest BCUT2D eigenvalue weighted by Gasteiger charge is -2.00. The molecule has 0 fully saturated rings. The average molecular weight is 252 g/mol. The number of thiophene rings is 1. The lowest BCUT2D eigenvalue weighted by atomic mass is 10.2. The molecule has 0 atom stereocenters. The Hall–Kier alpha value is -1.69. The maximum Gasteiger partial charge on any atom is 0.339 e. The number of H-pyrrole nitrogens is 1. The van der Waals surface area contributed by atoms with Crippen molar-refractivity contribution in [2.45, 2.75) is 20.3 Å². The van der Waals surface area contributed by atoms with Crippen LogP contribution in [0.1, 0.15) is 30.0 Å². The van der Waals surface area contributed by atoms with Crippen LogP contribution >= 0.6 is 11.3 Å². The van der Waals surface area contributed by atoms with E-state index >= 15 is 0 Å². The second kappa shape index (κ2) is 4.67. The lowest BCUT2D eigenvalue weighted by molar-refractivity contribution is 0.0529. The van der Waals surface area contributed by atoms with E-state index in [-0.39, 0.29) is 12.2 Å². The monoisotopic (exact) mass is 252 g/mol. The van der Waals surface area contributed by atoms with Gasteiger partial charge in [-0.3, -0.25) is 4.79 Å². The first-order valence-corrected chi connectivity index (χ1v) is 6.22. The number of hydrogen-bond acceptors (Lipinski definition) is 5. The molecule has 2 heterocycles. The third-order valence-electron chi connectivity index (χ3n) is 2.32. The second-order valence-corrected chi connectivity index (χ2v) is 4.27. The van der Waals surface area contributed by atoms with Gasteiger partial charge in [0.05, 0.1) is 17.6 Å². The summed E-state index contributed by atoms with van der Waals surface area (Å²) in [5.74, 6) is 0.148. The van der Waals surface area contributed by atoms with Gasteiger partial charge < -0.3 is 9.72 Å². The first-order valence-electron chi connectivity index (χ1n) is 5.34. The number of hydrogen-bond donors (Lipinski definition) is 1. The van der Waals surface area contributed by atoms with Crippen molar-refractivity contribution < 1.29 is 9.53 Å². The molecule has 1 N–H and O–H groups in total. The van der Waals surface area contributed by atoms with E-state index in [1.54, 1.807) is 12.3 Å². The molecule has 2 rings (SSSR count). The second-order valence-electron chi connectivity index (χ2n) is 3.42. The van der Waals surface area contributed by atoms with Gasteiger partial charge in [-0.1, -0.05) is 6.92 Å². The highest BCUT2D eigenvalue weighted by Gasteiger charge is 2.17. The van der Waals surface area contributed by atoms with E-state index in [0.717, 1.165) is 0 Å². The van der Waals surface area contributed by atoms with Crippen molar-refractivity contribution >= 4 is 27.5 Å². The summed E-state index contributed by atoms with van der Waals surface area (Å²) in [7, 11) is 0. The van der Waals surface area contributed by atoms with Crippen LogP contribution in [0.3, 0.4) is 0 Å². The van der Waals surface area contributed by atoms with Crippen LogP contribution in [0.25, 0.3) is 10.2 Å². The van der Waals surface area contributed by atoms with Gasteiger partial charge in [0.15, 0.2) is 0 Å². The molecule has 0 aromatic carbocycles. The van der Waals surface area contributed by atoms with E-state index in [0.29, 0.717) is 28.0 Å². The van der Waals surface area contributed by atoms with Crippen molar-refractivity contribution in [1.29, 1.82) is 0 Å². The molecule has 0 bridgehead atoms. The molecule has 2 aromatic heterocycles. The molecular formula is C11H12N2O3S. The van der Waals surface area contributed by atoms with E-state index in [4.69, 9.17) is 4.74 Å². The number of nitrogens with one attached hydrogen (secondary N) is 1. The summed E-state index contributed by atoms with van der Waals surface area (Å²) >= 11 is 1.28. The van der Waals surface area contributed by atoms with Crippen LogP contribution in [0.5, 0.6) is 0 Å². The number of esters is 1. The molecular weight excluding hydrogens is 240 g/mol. The summed E-state index contributed by atoms with van der Waals surface area (Å²) in [6.45, 7) is 3.92. The highest BCUT2D eigenvalue weighted by atomic mass is 32.1. The van der Waals surface area contributed by atoms with Crippen molar-refractivity contribution in [2.75, 3.05) is 6.61 Å². The van der Waals surface area contributed by atoms with Crippen molar-refractivity contribution in [2.24, 2.45) is 0 Å². The number of aryl methyl sites for hydroxylation is 1. The van der Waals surface area contributed by atoms with Gasteiger partial charge in [0.25, 0.3) is 5.56 Å². The Bertz CT molecular complexity index is 615. The maximum atomic E-state index is 11.9. The third-order valence-corrected chi connectivity index (χ3v) is 3.20. The number of carbonyl (C=O) groups excluding carboxylic acids is 1. The zero-order chi connectivity index (χ0) is 12.4. The Kier molecular flexibility index (Phi) is 3.23. The molecule has 0 radical (unpaired) electrons. The molecule has 0 aliphatic rings. The zero-order valence-corrected chi connectivity index (χ0v) is 10.4. The largest absolute Gasteiger partial charge is 0.462 e. The van der Waals surface area contributed by atoms with Gasteiger partial charge in [-0.2, -0.15) is 0 Å². The maximum absolute atomic E-state index is 11.9. The molecule has 6 heteroatoms. The van der Waals surface area contributed by atoms with Crippen LogP contribution in [0.15, 0.2) is 10.2 Å². The van der Waals surface area contributed by atoms with Crippen LogP contribution in [0.2, 0.25) is 0 Å². The van der Waals surface area contributed by atoms with Crippen LogP contribution in [0, 0.1) is 0 Å². The smallest absolute Gasteiger partial charge is 0.339 e. The van der Waals surface area contributed by atoms with E-state index in [1.165, 1.54) is 11.3 Å². The molecule has 17 heavy (non-hydrogen) atoms. The van der Waals surface area contributed by atoms with Gasteiger partial charge in [-0.15, -0.1) is 11.3 Å². The number of nitrogens with zero attached hydrogens (tertiary/aromatic N) is 1. The number of ether oxygens (including phenoxy) is 1. The molecule has 0 saturated carbocycles. The molecule has 2 aromatic rings. The molecule has 5 nitrogen and oxygen atoms in total. The Balaban J connectivity index is 2.61. The van der Waals surface area contributed by atoms with E-state index in [9.17, 15) is 9.59 Å². The van der Waals surface area contributed by atoms with Gasteiger partial charge >= 0.3 is 5.97 Å². The normalized spacial score (nSPS) is 10.7. The van der Waals surface area contributed by atoms with Crippen molar-refractivity contribution in [1.82, 2.24) is 9.97 Å². The first-order chi connectivity index (χ1) is 8.17. The summed E-state index contributed by atoms with van der Waals surface area (Å²) in [6.07, 6.45) is 0.651. The fraction of sp³-hybridized carbons (Fsp3) is 0.364. The van der Waals surface area contributed by atoms with E-state index < -0.39 is 5.97 Å². The average Bonchev–Trinajstić information content (AvgIpc) is 2.73. The first kappa shape index (κ1) is 11.8. The third kappa shape index (κ3) is 2.08. The standard InChI is InChI=1S/C11H12N2O3S/c1-3-7-12-9(14)8-6(11(15)16-4-2)5-17-10(8)13-7/h5H,3-4H2,1-2H3,(H,12,13,14). The summed E-state index contributed by atoms with van der Waals surface area (Å²) in [4.78, 5) is 31.0. The van der Waals surface area contributed by atoms with Gasteiger partial charge in [0, 0.05) is 11.8 Å².